The van der Waals surface area contributed by atoms with Gasteiger partial charge in [-0.2, -0.15) is 10.4 Å². The number of nitrogens with zero attached hydrogens (tertiary/aromatic N) is 4. The fraction of sp³-hybridized carbons (Fsp3) is 0.368. The van der Waals surface area contributed by atoms with Crippen LogP contribution in [0.3, 0.4) is 0 Å². The van der Waals surface area contributed by atoms with Gasteiger partial charge in [0, 0.05) is 13.6 Å². The third-order valence-corrected chi connectivity index (χ3v) is 4.36. The third-order valence-electron chi connectivity index (χ3n) is 4.36. The van der Waals surface area contributed by atoms with Crippen molar-refractivity contribution in [2.24, 2.45) is 0 Å². The summed E-state index contributed by atoms with van der Waals surface area (Å²) in [7, 11) is 1.69. The summed E-state index contributed by atoms with van der Waals surface area (Å²) in [4.78, 5) is 26.3. The molecule has 0 aliphatic rings. The Labute approximate surface area is 147 Å². The van der Waals surface area contributed by atoms with Gasteiger partial charge >= 0.3 is 0 Å². The van der Waals surface area contributed by atoms with Gasteiger partial charge in [0.25, 0.3) is 5.56 Å². The van der Waals surface area contributed by atoms with Gasteiger partial charge in [0.15, 0.2) is 0 Å². The van der Waals surface area contributed by atoms with Crippen LogP contribution in [-0.2, 0) is 17.9 Å². The van der Waals surface area contributed by atoms with Crippen molar-refractivity contribution in [3.05, 3.63) is 62.1 Å². The standard InChI is InChI=1S/C19H22N4O2/c1-12-6-7-16(13(2)8-12)10-22(5)18(24)11-23-19(25)17(9-20)14(3)15(4)21-23/h6-8H,10-11H2,1-5H3. The van der Waals surface area contributed by atoms with Crippen molar-refractivity contribution in [3.8, 4) is 6.07 Å². The van der Waals surface area contributed by atoms with E-state index in [1.165, 1.54) is 5.56 Å². The lowest BCUT2D eigenvalue weighted by Crippen LogP contribution is -2.36. The van der Waals surface area contributed by atoms with Crippen LogP contribution in [0.4, 0.5) is 0 Å². The Bertz CT molecular complexity index is 922. The van der Waals surface area contributed by atoms with Gasteiger partial charge in [-0.3, -0.25) is 9.59 Å². The molecule has 1 amide bonds. The van der Waals surface area contributed by atoms with Crippen LogP contribution in [0.5, 0.6) is 0 Å². The van der Waals surface area contributed by atoms with Gasteiger partial charge < -0.3 is 4.90 Å². The maximum absolute atomic E-state index is 12.5. The second-order valence-corrected chi connectivity index (χ2v) is 6.34. The van der Waals surface area contributed by atoms with Crippen molar-refractivity contribution >= 4 is 5.91 Å². The molecule has 6 heteroatoms. The zero-order valence-electron chi connectivity index (χ0n) is 15.3. The number of carbonyl (C=O) groups is 1. The van der Waals surface area contributed by atoms with Crippen molar-refractivity contribution in [1.82, 2.24) is 14.7 Å². The van der Waals surface area contributed by atoms with Crippen LogP contribution < -0.4 is 5.56 Å². The highest BCUT2D eigenvalue weighted by Gasteiger charge is 2.16. The number of aromatic nitrogens is 2. The summed E-state index contributed by atoms with van der Waals surface area (Å²) in [5.41, 5.74) is 3.98. The molecular weight excluding hydrogens is 316 g/mol. The fourth-order valence-electron chi connectivity index (χ4n) is 2.63. The Morgan fingerprint density at radius 3 is 2.56 bits per heavy atom. The number of aryl methyl sites for hydroxylation is 3. The van der Waals surface area contributed by atoms with E-state index < -0.39 is 5.56 Å². The predicted octanol–water partition coefficient (Wildman–Crippen LogP) is 2.01. The van der Waals surface area contributed by atoms with Crippen molar-refractivity contribution < 1.29 is 4.79 Å². The number of hydrogen-bond acceptors (Lipinski definition) is 4. The molecule has 0 atom stereocenters. The largest absolute Gasteiger partial charge is 0.340 e. The minimum Gasteiger partial charge on any atom is -0.340 e. The number of carbonyl (C=O) groups excluding carboxylic acids is 1. The lowest BCUT2D eigenvalue weighted by atomic mass is 10.1. The fourth-order valence-corrected chi connectivity index (χ4v) is 2.63. The van der Waals surface area contributed by atoms with Crippen LogP contribution in [0.2, 0.25) is 0 Å². The quantitative estimate of drug-likeness (QED) is 0.854. The smallest absolute Gasteiger partial charge is 0.285 e. The molecule has 2 rings (SSSR count). The predicted molar refractivity (Wildman–Crippen MR) is 95.1 cm³/mol. The minimum absolute atomic E-state index is 0.0392. The van der Waals surface area contributed by atoms with Crippen molar-refractivity contribution in [1.29, 1.82) is 5.26 Å². The average Bonchev–Trinajstić information content (AvgIpc) is 2.55. The van der Waals surface area contributed by atoms with E-state index in [-0.39, 0.29) is 18.0 Å². The molecule has 1 heterocycles. The first-order valence-electron chi connectivity index (χ1n) is 8.03. The third kappa shape index (κ3) is 3.94. The summed E-state index contributed by atoms with van der Waals surface area (Å²) in [6.07, 6.45) is 0. The summed E-state index contributed by atoms with van der Waals surface area (Å²) in [6.45, 7) is 7.70. The highest BCUT2D eigenvalue weighted by molar-refractivity contribution is 5.75. The van der Waals surface area contributed by atoms with Crippen LogP contribution in [0.15, 0.2) is 23.0 Å². The van der Waals surface area contributed by atoms with Crippen molar-refractivity contribution in [2.45, 2.75) is 40.8 Å². The molecule has 130 valence electrons. The zero-order chi connectivity index (χ0) is 18.7. The van der Waals surface area contributed by atoms with E-state index in [1.54, 1.807) is 25.8 Å². The molecule has 0 aliphatic heterocycles. The van der Waals surface area contributed by atoms with Crippen LogP contribution in [-0.4, -0.2) is 27.6 Å². The second kappa shape index (κ2) is 7.31. The highest BCUT2D eigenvalue weighted by atomic mass is 16.2. The van der Waals surface area contributed by atoms with E-state index in [2.05, 4.69) is 11.2 Å². The molecule has 0 bridgehead atoms. The first-order valence-corrected chi connectivity index (χ1v) is 8.03. The molecule has 2 aromatic rings. The number of benzene rings is 1. The molecule has 0 radical (unpaired) electrons. The molecule has 0 saturated carbocycles. The molecule has 25 heavy (non-hydrogen) atoms. The van der Waals surface area contributed by atoms with Gasteiger partial charge in [0.05, 0.1) is 5.69 Å². The molecule has 0 unspecified atom stereocenters. The van der Waals surface area contributed by atoms with Crippen molar-refractivity contribution in [3.63, 3.8) is 0 Å². The van der Waals surface area contributed by atoms with Gasteiger partial charge in [-0.25, -0.2) is 4.68 Å². The zero-order valence-corrected chi connectivity index (χ0v) is 15.3. The van der Waals surface area contributed by atoms with Gasteiger partial charge in [-0.1, -0.05) is 23.8 Å². The number of hydrogen-bond donors (Lipinski definition) is 0. The summed E-state index contributed by atoms with van der Waals surface area (Å²) in [5.74, 6) is -0.235. The molecule has 0 fully saturated rings. The lowest BCUT2D eigenvalue weighted by molar-refractivity contribution is -0.131. The van der Waals surface area contributed by atoms with Gasteiger partial charge in [-0.15, -0.1) is 0 Å². The van der Waals surface area contributed by atoms with E-state index in [0.29, 0.717) is 17.8 Å². The van der Waals surface area contributed by atoms with E-state index in [0.717, 1.165) is 15.8 Å². The van der Waals surface area contributed by atoms with Crippen LogP contribution in [0.25, 0.3) is 0 Å². The second-order valence-electron chi connectivity index (χ2n) is 6.34. The first kappa shape index (κ1) is 18.4. The number of rotatable bonds is 4. The Balaban J connectivity index is 2.21. The number of amides is 1. The molecule has 0 aliphatic carbocycles. The maximum atomic E-state index is 12.5. The van der Waals surface area contributed by atoms with Crippen LogP contribution in [0, 0.1) is 39.0 Å². The summed E-state index contributed by atoms with van der Waals surface area (Å²) in [6, 6.07) is 7.99. The average molecular weight is 338 g/mol. The molecule has 1 aromatic heterocycles. The minimum atomic E-state index is -0.529. The van der Waals surface area contributed by atoms with Gasteiger partial charge in [0.2, 0.25) is 5.91 Å². The molecule has 1 aromatic carbocycles. The first-order chi connectivity index (χ1) is 11.7. The number of nitriles is 1. The Kier molecular flexibility index (Phi) is 5.38. The molecule has 6 nitrogen and oxygen atoms in total. The molecular formula is C19H22N4O2. The topological polar surface area (TPSA) is 79.0 Å². The van der Waals surface area contributed by atoms with Crippen LogP contribution >= 0.6 is 0 Å². The number of likely N-dealkylation sites (N-methyl/N-ethyl adjacent to an activating group) is 1. The molecule has 0 spiro atoms. The Hall–Kier alpha value is -2.94. The normalized spacial score (nSPS) is 10.4. The Morgan fingerprint density at radius 1 is 1.28 bits per heavy atom. The molecule has 0 saturated heterocycles. The van der Waals surface area contributed by atoms with E-state index in [4.69, 9.17) is 5.26 Å². The summed E-state index contributed by atoms with van der Waals surface area (Å²) in [5, 5.41) is 13.3. The van der Waals surface area contributed by atoms with Gasteiger partial charge in [-0.05, 0) is 44.4 Å². The monoisotopic (exact) mass is 338 g/mol. The summed E-state index contributed by atoms with van der Waals surface area (Å²) >= 11 is 0. The highest BCUT2D eigenvalue weighted by Crippen LogP contribution is 2.13. The van der Waals surface area contributed by atoms with Crippen LogP contribution in [0.1, 0.15) is 33.5 Å². The van der Waals surface area contributed by atoms with Gasteiger partial charge in [0.1, 0.15) is 18.2 Å². The molecule has 0 N–H and O–H groups in total. The van der Waals surface area contributed by atoms with E-state index in [9.17, 15) is 9.59 Å². The SMILES string of the molecule is Cc1ccc(CN(C)C(=O)Cn2nc(C)c(C)c(C#N)c2=O)c(C)c1. The van der Waals surface area contributed by atoms with E-state index >= 15 is 0 Å². The summed E-state index contributed by atoms with van der Waals surface area (Å²) < 4.78 is 1.07. The van der Waals surface area contributed by atoms with E-state index in [1.807, 2.05) is 32.0 Å². The Morgan fingerprint density at radius 2 is 1.96 bits per heavy atom. The maximum Gasteiger partial charge on any atom is 0.285 e. The van der Waals surface area contributed by atoms with Crippen molar-refractivity contribution in [2.75, 3.05) is 7.05 Å². The lowest BCUT2D eigenvalue weighted by Gasteiger charge is -2.19.